The number of unbranched alkanes of at least 4 members (excludes halogenated alkanes) is 1. The minimum atomic E-state index is -0.664. The van der Waals surface area contributed by atoms with Crippen molar-refractivity contribution in [2.75, 3.05) is 22.9 Å². The number of nitrogens with one attached hydrogen (secondary N) is 1. The average molecular weight is 500 g/mol. The second-order valence-electron chi connectivity index (χ2n) is 8.87. The largest absolute Gasteiger partial charge is 0.383 e. The van der Waals surface area contributed by atoms with Crippen molar-refractivity contribution >= 4 is 29.2 Å². The number of carbonyl (C=O) groups excluding carboxylic acids is 1. The summed E-state index contributed by atoms with van der Waals surface area (Å²) in [6.45, 7) is 8.54. The number of anilines is 2. The molecule has 0 radical (unpaired) electrons. The highest BCUT2D eigenvalue weighted by atomic mass is 32.2. The Balaban J connectivity index is 1.89. The van der Waals surface area contributed by atoms with Crippen molar-refractivity contribution in [2.24, 2.45) is 13.0 Å². The van der Waals surface area contributed by atoms with Crippen molar-refractivity contribution < 1.29 is 4.79 Å². The van der Waals surface area contributed by atoms with E-state index in [1.807, 2.05) is 63.6 Å². The monoisotopic (exact) mass is 499 g/mol. The molecule has 11 heteroatoms. The van der Waals surface area contributed by atoms with Crippen molar-refractivity contribution in [2.45, 2.75) is 52.2 Å². The Morgan fingerprint density at radius 1 is 1.23 bits per heavy atom. The van der Waals surface area contributed by atoms with E-state index in [2.05, 4.69) is 15.2 Å². The van der Waals surface area contributed by atoms with E-state index < -0.39 is 11.2 Å². The van der Waals surface area contributed by atoms with Crippen molar-refractivity contribution in [3.8, 4) is 11.4 Å². The molecule has 0 spiro atoms. The molecule has 0 aliphatic rings. The number of benzene rings is 1. The van der Waals surface area contributed by atoms with E-state index in [0.717, 1.165) is 17.5 Å². The van der Waals surface area contributed by atoms with Gasteiger partial charge in [-0.15, -0.1) is 10.2 Å². The zero-order chi connectivity index (χ0) is 25.7. The number of carbonyl (C=O) groups is 1. The Hall–Kier alpha value is -3.34. The smallest absolute Gasteiger partial charge is 0.330 e. The number of aromatic amines is 1. The Labute approximate surface area is 208 Å². The Kier molecular flexibility index (Phi) is 8.55. The zero-order valence-electron chi connectivity index (χ0n) is 20.9. The quantitative estimate of drug-likeness (QED) is 0.410. The second-order valence-corrected chi connectivity index (χ2v) is 9.81. The molecule has 3 N–H and O–H groups in total. The van der Waals surface area contributed by atoms with Crippen LogP contribution in [0, 0.1) is 12.8 Å². The van der Waals surface area contributed by atoms with Gasteiger partial charge in [-0.3, -0.25) is 19.1 Å². The van der Waals surface area contributed by atoms with Gasteiger partial charge in [0.25, 0.3) is 5.56 Å². The van der Waals surface area contributed by atoms with Crippen LogP contribution in [0.2, 0.25) is 0 Å². The number of aryl methyl sites for hydroxylation is 1. The highest BCUT2D eigenvalue weighted by Crippen LogP contribution is 2.26. The van der Waals surface area contributed by atoms with Crippen molar-refractivity contribution in [3.05, 3.63) is 50.7 Å². The molecule has 2 heterocycles. The van der Waals surface area contributed by atoms with Gasteiger partial charge in [-0.05, 0) is 24.8 Å². The number of nitrogen functional groups attached to an aromatic ring is 1. The Bertz CT molecular complexity index is 1310. The predicted molar refractivity (Wildman–Crippen MR) is 140 cm³/mol. The van der Waals surface area contributed by atoms with Gasteiger partial charge in [0, 0.05) is 25.7 Å². The van der Waals surface area contributed by atoms with Crippen molar-refractivity contribution in [1.82, 2.24) is 24.3 Å². The molecule has 0 aliphatic heterocycles. The van der Waals surface area contributed by atoms with Crippen LogP contribution >= 0.6 is 11.8 Å². The maximum Gasteiger partial charge on any atom is 0.330 e. The summed E-state index contributed by atoms with van der Waals surface area (Å²) in [6.07, 6.45) is 1.50. The van der Waals surface area contributed by atoms with Crippen LogP contribution in [0.4, 0.5) is 11.5 Å². The summed E-state index contributed by atoms with van der Waals surface area (Å²) >= 11 is 1.24. The summed E-state index contributed by atoms with van der Waals surface area (Å²) in [5.74, 6) is 0.578. The van der Waals surface area contributed by atoms with Crippen LogP contribution < -0.4 is 21.9 Å². The fourth-order valence-electron chi connectivity index (χ4n) is 3.77. The lowest BCUT2D eigenvalue weighted by atomic mass is 10.1. The number of nitrogens with two attached hydrogens (primary N) is 1. The van der Waals surface area contributed by atoms with Crippen LogP contribution in [0.5, 0.6) is 0 Å². The summed E-state index contributed by atoms with van der Waals surface area (Å²) in [5, 5.41) is 9.15. The molecule has 10 nitrogen and oxygen atoms in total. The molecular formula is C24H33N7O3S. The first kappa shape index (κ1) is 26.3. The molecule has 0 fully saturated rings. The molecule has 1 amide bonds. The molecule has 0 atom stereocenters. The second kappa shape index (κ2) is 11.4. The third kappa shape index (κ3) is 5.84. The third-order valence-electron chi connectivity index (χ3n) is 5.61. The standard InChI is InChI=1S/C24H33N7O3S/c1-6-7-12-30(19-20(25)31(13-15(2)3)23(34)26-22(19)33)18(32)14-35-24-28-27-21(29(24)5)17-11-9-8-10-16(17)4/h8-11,15H,6-7,12-14,25H2,1-5H3,(H,26,33,34). The Morgan fingerprint density at radius 2 is 1.94 bits per heavy atom. The summed E-state index contributed by atoms with van der Waals surface area (Å²) in [4.78, 5) is 42.1. The normalized spacial score (nSPS) is 11.3. The van der Waals surface area contributed by atoms with Gasteiger partial charge in [0.15, 0.2) is 16.7 Å². The molecular weight excluding hydrogens is 466 g/mol. The number of rotatable bonds is 10. The highest BCUT2D eigenvalue weighted by Gasteiger charge is 2.25. The maximum absolute atomic E-state index is 13.3. The first-order chi connectivity index (χ1) is 16.6. The number of hydrogen-bond donors (Lipinski definition) is 2. The van der Waals surface area contributed by atoms with E-state index in [9.17, 15) is 14.4 Å². The lowest BCUT2D eigenvalue weighted by Crippen LogP contribution is -2.42. The van der Waals surface area contributed by atoms with Gasteiger partial charge in [-0.2, -0.15) is 0 Å². The van der Waals surface area contributed by atoms with Crippen LogP contribution in [0.15, 0.2) is 39.0 Å². The summed E-state index contributed by atoms with van der Waals surface area (Å²) in [6, 6.07) is 7.89. The van der Waals surface area contributed by atoms with Crippen LogP contribution in [-0.4, -0.2) is 42.5 Å². The fourth-order valence-corrected chi connectivity index (χ4v) is 4.55. The number of H-pyrrole nitrogens is 1. The maximum atomic E-state index is 13.3. The van der Waals surface area contributed by atoms with Gasteiger partial charge < -0.3 is 15.2 Å². The van der Waals surface area contributed by atoms with E-state index in [0.29, 0.717) is 30.5 Å². The molecule has 2 aromatic heterocycles. The van der Waals surface area contributed by atoms with Crippen LogP contribution in [0.25, 0.3) is 11.4 Å². The molecule has 188 valence electrons. The SMILES string of the molecule is CCCCN(C(=O)CSc1nnc(-c2ccccc2C)n1C)c1c(N)n(CC(C)C)c(=O)[nH]c1=O. The highest BCUT2D eigenvalue weighted by molar-refractivity contribution is 7.99. The van der Waals surface area contributed by atoms with Gasteiger partial charge in [-0.25, -0.2) is 4.79 Å². The fraction of sp³-hybridized carbons (Fsp3) is 0.458. The minimum absolute atomic E-state index is 0.00222. The van der Waals surface area contributed by atoms with Gasteiger partial charge in [0.1, 0.15) is 5.82 Å². The van der Waals surface area contributed by atoms with Gasteiger partial charge >= 0.3 is 5.69 Å². The Morgan fingerprint density at radius 3 is 2.60 bits per heavy atom. The lowest BCUT2D eigenvalue weighted by Gasteiger charge is -2.24. The molecule has 3 rings (SSSR count). The number of hydrogen-bond acceptors (Lipinski definition) is 7. The van der Waals surface area contributed by atoms with E-state index in [1.54, 1.807) is 0 Å². The zero-order valence-corrected chi connectivity index (χ0v) is 21.7. The van der Waals surface area contributed by atoms with E-state index in [-0.39, 0.29) is 29.1 Å². The van der Waals surface area contributed by atoms with Gasteiger partial charge in [-0.1, -0.05) is 63.2 Å². The number of amides is 1. The van der Waals surface area contributed by atoms with Gasteiger partial charge in [0.2, 0.25) is 5.91 Å². The van der Waals surface area contributed by atoms with Crippen molar-refractivity contribution in [1.29, 1.82) is 0 Å². The molecule has 0 saturated carbocycles. The van der Waals surface area contributed by atoms with Crippen LogP contribution in [0.1, 0.15) is 39.2 Å². The minimum Gasteiger partial charge on any atom is -0.383 e. The molecule has 1 aromatic carbocycles. The molecule has 0 saturated heterocycles. The first-order valence-electron chi connectivity index (χ1n) is 11.7. The van der Waals surface area contributed by atoms with E-state index in [4.69, 9.17) is 5.73 Å². The summed E-state index contributed by atoms with van der Waals surface area (Å²) in [5.41, 5.74) is 7.09. The van der Waals surface area contributed by atoms with Crippen molar-refractivity contribution in [3.63, 3.8) is 0 Å². The predicted octanol–water partition coefficient (Wildman–Crippen LogP) is 2.80. The molecule has 35 heavy (non-hydrogen) atoms. The molecule has 0 bridgehead atoms. The van der Waals surface area contributed by atoms with E-state index >= 15 is 0 Å². The third-order valence-corrected chi connectivity index (χ3v) is 6.62. The average Bonchev–Trinajstić information content (AvgIpc) is 3.17. The summed E-state index contributed by atoms with van der Waals surface area (Å²) in [7, 11) is 1.86. The number of aromatic nitrogens is 5. The van der Waals surface area contributed by atoms with Crippen LogP contribution in [0.3, 0.4) is 0 Å². The number of thioether (sulfide) groups is 1. The molecule has 3 aromatic rings. The molecule has 0 unspecified atom stereocenters. The molecule has 0 aliphatic carbocycles. The van der Waals surface area contributed by atoms with Crippen LogP contribution in [-0.2, 0) is 18.4 Å². The van der Waals surface area contributed by atoms with E-state index in [1.165, 1.54) is 21.2 Å². The topological polar surface area (TPSA) is 132 Å². The van der Waals surface area contributed by atoms with Gasteiger partial charge in [0.05, 0.1) is 5.75 Å². The first-order valence-corrected chi connectivity index (χ1v) is 12.6. The number of nitrogens with zero attached hydrogens (tertiary/aromatic N) is 5. The summed E-state index contributed by atoms with van der Waals surface area (Å²) < 4.78 is 3.17. The lowest BCUT2D eigenvalue weighted by molar-refractivity contribution is -0.116.